The fourth-order valence-electron chi connectivity index (χ4n) is 2.38. The summed E-state index contributed by atoms with van der Waals surface area (Å²) in [6.45, 7) is 1.89. The number of aromatic nitrogens is 2. The second kappa shape index (κ2) is 7.09. The van der Waals surface area contributed by atoms with Crippen molar-refractivity contribution >= 4 is 15.7 Å². The molecule has 0 spiro atoms. The summed E-state index contributed by atoms with van der Waals surface area (Å²) in [7, 11) is -3.86. The minimum absolute atomic E-state index is 0.0520. The zero-order chi connectivity index (χ0) is 18.7. The second-order valence-corrected chi connectivity index (χ2v) is 7.26. The van der Waals surface area contributed by atoms with E-state index in [0.717, 1.165) is 12.1 Å². The normalized spacial score (nSPS) is 11.3. The number of hydrogen-bond donors (Lipinski definition) is 2. The first-order valence-electron chi connectivity index (χ1n) is 7.86. The molecule has 0 radical (unpaired) electrons. The third-order valence-electron chi connectivity index (χ3n) is 3.67. The first kappa shape index (κ1) is 17.8. The maximum absolute atomic E-state index is 13.0. The molecule has 0 bridgehead atoms. The standard InChI is InChI=1S/C18H16FN3O3S/c1-2-14-11-17(23)21-18(20-14)12-4-3-5-15(10-12)22-26(24,25)16-8-6-13(19)7-9-16/h3-11,22H,2H2,1H3,(H,20,21,23). The molecule has 6 nitrogen and oxygen atoms in total. The molecule has 2 N–H and O–H groups in total. The van der Waals surface area contributed by atoms with Gasteiger partial charge in [0.2, 0.25) is 0 Å². The highest BCUT2D eigenvalue weighted by Gasteiger charge is 2.15. The SMILES string of the molecule is CCc1cc(=O)[nH]c(-c2cccc(NS(=O)(=O)c3ccc(F)cc3)c2)n1. The lowest BCUT2D eigenvalue weighted by molar-refractivity contribution is 0.599. The lowest BCUT2D eigenvalue weighted by Gasteiger charge is -2.10. The predicted octanol–water partition coefficient (Wildman–Crippen LogP) is 2.94. The molecular formula is C18H16FN3O3S. The van der Waals surface area contributed by atoms with Crippen LogP contribution in [0.1, 0.15) is 12.6 Å². The Morgan fingerprint density at radius 1 is 1.12 bits per heavy atom. The number of aryl methyl sites for hydroxylation is 1. The number of sulfonamides is 1. The number of aromatic amines is 1. The molecule has 1 aromatic heterocycles. The Morgan fingerprint density at radius 2 is 1.85 bits per heavy atom. The van der Waals surface area contributed by atoms with Crippen molar-refractivity contribution in [2.45, 2.75) is 18.2 Å². The van der Waals surface area contributed by atoms with E-state index in [-0.39, 0.29) is 10.5 Å². The van der Waals surface area contributed by atoms with Crippen LogP contribution in [0.15, 0.2) is 64.3 Å². The molecule has 0 unspecified atom stereocenters. The van der Waals surface area contributed by atoms with Crippen LogP contribution in [0.2, 0.25) is 0 Å². The van der Waals surface area contributed by atoms with E-state index in [4.69, 9.17) is 0 Å². The van der Waals surface area contributed by atoms with E-state index in [1.54, 1.807) is 24.3 Å². The molecule has 3 rings (SSSR count). The fourth-order valence-corrected chi connectivity index (χ4v) is 3.43. The van der Waals surface area contributed by atoms with Crippen LogP contribution in [0.4, 0.5) is 10.1 Å². The van der Waals surface area contributed by atoms with E-state index in [1.165, 1.54) is 18.2 Å². The van der Waals surface area contributed by atoms with Crippen molar-refractivity contribution in [1.29, 1.82) is 0 Å². The molecule has 0 fully saturated rings. The van der Waals surface area contributed by atoms with Crippen molar-refractivity contribution < 1.29 is 12.8 Å². The summed E-state index contributed by atoms with van der Waals surface area (Å²) in [5, 5.41) is 0. The Kier molecular flexibility index (Phi) is 4.85. The number of anilines is 1. The van der Waals surface area contributed by atoms with Crippen LogP contribution in [-0.4, -0.2) is 18.4 Å². The molecule has 0 aliphatic carbocycles. The molecule has 26 heavy (non-hydrogen) atoms. The van der Waals surface area contributed by atoms with Crippen LogP contribution in [0.5, 0.6) is 0 Å². The number of nitrogens with one attached hydrogen (secondary N) is 2. The minimum Gasteiger partial charge on any atom is -0.307 e. The molecule has 0 aliphatic rings. The average Bonchev–Trinajstić information content (AvgIpc) is 2.61. The third kappa shape index (κ3) is 3.97. The lowest BCUT2D eigenvalue weighted by Crippen LogP contribution is -2.13. The first-order valence-corrected chi connectivity index (χ1v) is 9.35. The van der Waals surface area contributed by atoms with E-state index in [9.17, 15) is 17.6 Å². The van der Waals surface area contributed by atoms with Gasteiger partial charge in [0.15, 0.2) is 0 Å². The molecule has 2 aromatic carbocycles. The zero-order valence-corrected chi connectivity index (χ0v) is 14.7. The molecule has 1 heterocycles. The molecule has 0 saturated heterocycles. The Hall–Kier alpha value is -3.00. The van der Waals surface area contributed by atoms with Crippen molar-refractivity contribution in [3.05, 3.63) is 76.5 Å². The summed E-state index contributed by atoms with van der Waals surface area (Å²) in [6, 6.07) is 12.5. The Labute approximate surface area is 149 Å². The molecule has 0 amide bonds. The number of halogens is 1. The Balaban J connectivity index is 1.94. The highest BCUT2D eigenvalue weighted by atomic mass is 32.2. The van der Waals surface area contributed by atoms with Gasteiger partial charge in [0.1, 0.15) is 11.6 Å². The minimum atomic E-state index is -3.86. The summed E-state index contributed by atoms with van der Waals surface area (Å²) in [5.41, 5.74) is 1.23. The van der Waals surface area contributed by atoms with Crippen molar-refractivity contribution in [3.8, 4) is 11.4 Å². The van der Waals surface area contributed by atoms with E-state index >= 15 is 0 Å². The van der Waals surface area contributed by atoms with Crippen molar-refractivity contribution in [3.63, 3.8) is 0 Å². The predicted molar refractivity (Wildman–Crippen MR) is 96.9 cm³/mol. The monoisotopic (exact) mass is 373 g/mol. The second-order valence-electron chi connectivity index (χ2n) is 5.58. The largest absolute Gasteiger partial charge is 0.307 e. The fraction of sp³-hybridized carbons (Fsp3) is 0.111. The lowest BCUT2D eigenvalue weighted by atomic mass is 10.2. The summed E-state index contributed by atoms with van der Waals surface area (Å²) in [5.74, 6) is -0.158. The van der Waals surface area contributed by atoms with Gasteiger partial charge in [0.25, 0.3) is 15.6 Å². The summed E-state index contributed by atoms with van der Waals surface area (Å²) in [6.07, 6.45) is 0.605. The van der Waals surface area contributed by atoms with E-state index in [0.29, 0.717) is 29.2 Å². The van der Waals surface area contributed by atoms with Crippen molar-refractivity contribution in [2.24, 2.45) is 0 Å². The first-order chi connectivity index (χ1) is 12.4. The van der Waals surface area contributed by atoms with E-state index in [1.807, 2.05) is 6.92 Å². The van der Waals surface area contributed by atoms with E-state index < -0.39 is 15.8 Å². The van der Waals surface area contributed by atoms with Crippen LogP contribution in [-0.2, 0) is 16.4 Å². The maximum Gasteiger partial charge on any atom is 0.261 e. The maximum atomic E-state index is 13.0. The van der Waals surface area contributed by atoms with E-state index in [2.05, 4.69) is 14.7 Å². The van der Waals surface area contributed by atoms with Crippen LogP contribution in [0.3, 0.4) is 0 Å². The number of nitrogens with zero attached hydrogens (tertiary/aromatic N) is 1. The van der Waals surface area contributed by atoms with Crippen LogP contribution < -0.4 is 10.3 Å². The number of benzene rings is 2. The molecule has 0 atom stereocenters. The topological polar surface area (TPSA) is 91.9 Å². The van der Waals surface area contributed by atoms with Crippen molar-refractivity contribution in [2.75, 3.05) is 4.72 Å². The molecule has 0 saturated carbocycles. The summed E-state index contributed by atoms with van der Waals surface area (Å²) in [4.78, 5) is 18.7. The Bertz CT molecular complexity index is 1090. The molecule has 8 heteroatoms. The van der Waals surface area contributed by atoms with Gasteiger partial charge < -0.3 is 4.98 Å². The Morgan fingerprint density at radius 3 is 2.54 bits per heavy atom. The van der Waals surface area contributed by atoms with Crippen LogP contribution in [0, 0.1) is 5.82 Å². The smallest absolute Gasteiger partial charge is 0.261 e. The van der Waals surface area contributed by atoms with Crippen LogP contribution in [0.25, 0.3) is 11.4 Å². The van der Waals surface area contributed by atoms with Gasteiger partial charge in [0.05, 0.1) is 4.90 Å². The molecule has 3 aromatic rings. The van der Waals surface area contributed by atoms with Crippen LogP contribution >= 0.6 is 0 Å². The molecular weight excluding hydrogens is 357 g/mol. The van der Waals surface area contributed by atoms with Gasteiger partial charge in [-0.1, -0.05) is 19.1 Å². The average molecular weight is 373 g/mol. The molecule has 0 aliphatic heterocycles. The van der Waals surface area contributed by atoms with Gasteiger partial charge in [0, 0.05) is 23.0 Å². The molecule has 134 valence electrons. The highest BCUT2D eigenvalue weighted by Crippen LogP contribution is 2.22. The quantitative estimate of drug-likeness (QED) is 0.719. The number of H-pyrrole nitrogens is 1. The zero-order valence-electron chi connectivity index (χ0n) is 13.9. The van der Waals surface area contributed by atoms with Gasteiger partial charge in [-0.05, 0) is 42.8 Å². The number of hydrogen-bond acceptors (Lipinski definition) is 4. The van der Waals surface area contributed by atoms with Gasteiger partial charge in [-0.3, -0.25) is 9.52 Å². The van der Waals surface area contributed by atoms with Gasteiger partial charge in [-0.15, -0.1) is 0 Å². The number of rotatable bonds is 5. The summed E-state index contributed by atoms with van der Waals surface area (Å²) < 4.78 is 40.2. The third-order valence-corrected chi connectivity index (χ3v) is 5.07. The van der Waals surface area contributed by atoms with Gasteiger partial charge in [-0.2, -0.15) is 0 Å². The van der Waals surface area contributed by atoms with Gasteiger partial charge in [-0.25, -0.2) is 17.8 Å². The summed E-state index contributed by atoms with van der Waals surface area (Å²) >= 11 is 0. The highest BCUT2D eigenvalue weighted by molar-refractivity contribution is 7.92. The van der Waals surface area contributed by atoms with Crippen molar-refractivity contribution in [1.82, 2.24) is 9.97 Å². The van der Waals surface area contributed by atoms with Gasteiger partial charge >= 0.3 is 0 Å².